The smallest absolute Gasteiger partial charge is 0.206 e. The van der Waals surface area contributed by atoms with Crippen LogP contribution in [0.3, 0.4) is 0 Å². The number of imidazole rings is 1. The fourth-order valence-corrected chi connectivity index (χ4v) is 3.75. The molecule has 0 amide bonds. The van der Waals surface area contributed by atoms with Crippen molar-refractivity contribution in [3.63, 3.8) is 0 Å². The quantitative estimate of drug-likeness (QED) is 0.727. The molecule has 1 fully saturated rings. The first-order chi connectivity index (χ1) is 13.2. The number of para-hydroxylation sites is 2. The van der Waals surface area contributed by atoms with Crippen molar-refractivity contribution in [2.45, 2.75) is 13.5 Å². The first kappa shape index (κ1) is 17.8. The van der Waals surface area contributed by atoms with Crippen LogP contribution in [0.25, 0.3) is 17.1 Å². The molecule has 1 saturated heterocycles. The second-order valence-corrected chi connectivity index (χ2v) is 7.05. The van der Waals surface area contributed by atoms with Crippen LogP contribution in [-0.2, 0) is 6.54 Å². The molecule has 1 N–H and O–H groups in total. The van der Waals surface area contributed by atoms with Crippen molar-refractivity contribution in [2.75, 3.05) is 44.2 Å². The number of fused-ring (bicyclic) bond motifs is 1. The van der Waals surface area contributed by atoms with Gasteiger partial charge in [-0.3, -0.25) is 4.90 Å². The van der Waals surface area contributed by atoms with Crippen molar-refractivity contribution in [1.29, 1.82) is 0 Å². The van der Waals surface area contributed by atoms with E-state index in [1.165, 1.54) is 5.57 Å². The largest absolute Gasteiger partial charge is 0.465 e. The van der Waals surface area contributed by atoms with E-state index in [4.69, 9.17) is 9.40 Å². The van der Waals surface area contributed by atoms with Gasteiger partial charge in [-0.15, -0.1) is 0 Å². The number of benzene rings is 1. The highest BCUT2D eigenvalue weighted by atomic mass is 16.3. The third-order valence-corrected chi connectivity index (χ3v) is 5.02. The molecule has 0 aliphatic carbocycles. The Morgan fingerprint density at radius 1 is 1.15 bits per heavy atom. The van der Waals surface area contributed by atoms with E-state index < -0.39 is 0 Å². The zero-order chi connectivity index (χ0) is 18.6. The van der Waals surface area contributed by atoms with Gasteiger partial charge in [0.1, 0.15) is 5.76 Å². The van der Waals surface area contributed by atoms with Gasteiger partial charge in [0.15, 0.2) is 0 Å². The number of aromatic nitrogens is 2. The average Bonchev–Trinajstić information content (AvgIpc) is 3.31. The molecule has 0 unspecified atom stereocenters. The van der Waals surface area contributed by atoms with Crippen molar-refractivity contribution in [3.8, 4) is 0 Å². The Bertz CT molecular complexity index is 906. The van der Waals surface area contributed by atoms with Gasteiger partial charge in [0.2, 0.25) is 5.95 Å². The first-order valence-electron chi connectivity index (χ1n) is 9.49. The summed E-state index contributed by atoms with van der Waals surface area (Å²) in [6.07, 6.45) is 3.81. The molecule has 0 atom stereocenters. The number of piperazine rings is 1. The number of anilines is 1. The number of aliphatic hydroxyl groups excluding tert-OH is 1. The van der Waals surface area contributed by atoms with Crippen molar-refractivity contribution >= 4 is 23.1 Å². The predicted octanol–water partition coefficient (Wildman–Crippen LogP) is 2.85. The summed E-state index contributed by atoms with van der Waals surface area (Å²) in [7, 11) is 0. The van der Waals surface area contributed by atoms with Crippen molar-refractivity contribution in [1.82, 2.24) is 14.5 Å². The normalized spacial score (nSPS) is 16.4. The second-order valence-electron chi connectivity index (χ2n) is 7.05. The van der Waals surface area contributed by atoms with E-state index in [9.17, 15) is 5.11 Å². The zero-order valence-electron chi connectivity index (χ0n) is 15.7. The standard InChI is InChI=1S/C21H26N4O2/c1-17(15-18-5-4-14-27-18)16-23-8-10-24(11-9-23)21-22-19-6-2-3-7-20(19)25(21)12-13-26/h2-7,14-15,26H,8-13,16H2,1H3/b17-15+. The minimum Gasteiger partial charge on any atom is -0.465 e. The Hall–Kier alpha value is -2.57. The molecular weight excluding hydrogens is 340 g/mol. The summed E-state index contributed by atoms with van der Waals surface area (Å²) in [6, 6.07) is 12.0. The Morgan fingerprint density at radius 2 is 1.96 bits per heavy atom. The number of rotatable bonds is 6. The van der Waals surface area contributed by atoms with Gasteiger partial charge in [-0.1, -0.05) is 17.7 Å². The Morgan fingerprint density at radius 3 is 2.70 bits per heavy atom. The van der Waals surface area contributed by atoms with Crippen LogP contribution in [0.1, 0.15) is 12.7 Å². The van der Waals surface area contributed by atoms with Gasteiger partial charge in [0, 0.05) is 39.3 Å². The van der Waals surface area contributed by atoms with Crippen molar-refractivity contribution < 1.29 is 9.52 Å². The summed E-state index contributed by atoms with van der Waals surface area (Å²) in [5.41, 5.74) is 3.37. The maximum atomic E-state index is 9.48. The molecule has 0 bridgehead atoms. The van der Waals surface area contributed by atoms with Crippen LogP contribution < -0.4 is 4.90 Å². The molecule has 6 heteroatoms. The van der Waals surface area contributed by atoms with Gasteiger partial charge in [-0.05, 0) is 37.3 Å². The fraction of sp³-hybridized carbons (Fsp3) is 0.381. The Balaban J connectivity index is 1.43. The summed E-state index contributed by atoms with van der Waals surface area (Å²) in [5, 5.41) is 9.48. The Labute approximate surface area is 159 Å². The van der Waals surface area contributed by atoms with Gasteiger partial charge in [-0.2, -0.15) is 0 Å². The minimum absolute atomic E-state index is 0.115. The van der Waals surface area contributed by atoms with Crippen LogP contribution in [-0.4, -0.2) is 58.9 Å². The lowest BCUT2D eigenvalue weighted by Gasteiger charge is -2.35. The number of furan rings is 1. The highest BCUT2D eigenvalue weighted by Crippen LogP contribution is 2.23. The maximum absolute atomic E-state index is 9.48. The van der Waals surface area contributed by atoms with E-state index in [1.807, 2.05) is 30.3 Å². The van der Waals surface area contributed by atoms with E-state index in [0.29, 0.717) is 6.54 Å². The van der Waals surface area contributed by atoms with E-state index in [2.05, 4.69) is 33.4 Å². The molecule has 142 valence electrons. The predicted molar refractivity (Wildman–Crippen MR) is 108 cm³/mol. The molecule has 4 rings (SSSR count). The number of nitrogens with zero attached hydrogens (tertiary/aromatic N) is 4. The van der Waals surface area contributed by atoms with Crippen LogP contribution in [0.5, 0.6) is 0 Å². The van der Waals surface area contributed by atoms with Crippen molar-refractivity contribution in [3.05, 3.63) is 54.0 Å². The molecule has 0 spiro atoms. The third-order valence-electron chi connectivity index (χ3n) is 5.02. The van der Waals surface area contributed by atoms with Gasteiger partial charge in [-0.25, -0.2) is 4.98 Å². The number of hydrogen-bond acceptors (Lipinski definition) is 5. The van der Waals surface area contributed by atoms with Gasteiger partial charge in [0.05, 0.1) is 23.9 Å². The average molecular weight is 366 g/mol. The van der Waals surface area contributed by atoms with Crippen molar-refractivity contribution in [2.24, 2.45) is 0 Å². The van der Waals surface area contributed by atoms with Gasteiger partial charge >= 0.3 is 0 Å². The Kier molecular flexibility index (Phi) is 5.27. The molecule has 1 aromatic carbocycles. The molecular formula is C21H26N4O2. The van der Waals surface area contributed by atoms with Crippen LogP contribution in [0, 0.1) is 0 Å². The molecule has 0 saturated carbocycles. The van der Waals surface area contributed by atoms with E-state index in [1.54, 1.807) is 6.26 Å². The topological polar surface area (TPSA) is 57.7 Å². The molecule has 2 aromatic heterocycles. The van der Waals surface area contributed by atoms with E-state index >= 15 is 0 Å². The minimum atomic E-state index is 0.115. The fourth-order valence-electron chi connectivity index (χ4n) is 3.75. The lowest BCUT2D eigenvalue weighted by molar-refractivity contribution is 0.268. The summed E-state index contributed by atoms with van der Waals surface area (Å²) in [6.45, 7) is 7.63. The highest BCUT2D eigenvalue weighted by molar-refractivity contribution is 5.78. The molecule has 1 aliphatic rings. The molecule has 6 nitrogen and oxygen atoms in total. The highest BCUT2D eigenvalue weighted by Gasteiger charge is 2.22. The first-order valence-corrected chi connectivity index (χ1v) is 9.49. The van der Waals surface area contributed by atoms with Gasteiger partial charge in [0.25, 0.3) is 0 Å². The third kappa shape index (κ3) is 3.91. The molecule has 3 aromatic rings. The SMILES string of the molecule is C/C(=C\c1ccco1)CN1CCN(c2nc3ccccc3n2CCO)CC1. The number of hydrogen-bond donors (Lipinski definition) is 1. The van der Waals surface area contributed by atoms with E-state index in [-0.39, 0.29) is 6.61 Å². The summed E-state index contributed by atoms with van der Waals surface area (Å²) in [5.74, 6) is 1.87. The van der Waals surface area contributed by atoms with E-state index in [0.717, 1.165) is 55.5 Å². The summed E-state index contributed by atoms with van der Waals surface area (Å²) in [4.78, 5) is 9.62. The zero-order valence-corrected chi connectivity index (χ0v) is 15.7. The summed E-state index contributed by atoms with van der Waals surface area (Å²) < 4.78 is 7.53. The molecule has 27 heavy (non-hydrogen) atoms. The molecule has 0 radical (unpaired) electrons. The lowest BCUT2D eigenvalue weighted by atomic mass is 10.2. The molecule has 1 aliphatic heterocycles. The monoisotopic (exact) mass is 366 g/mol. The molecule has 3 heterocycles. The second kappa shape index (κ2) is 7.98. The number of aliphatic hydroxyl groups is 1. The van der Waals surface area contributed by atoms with Crippen LogP contribution in [0.4, 0.5) is 5.95 Å². The van der Waals surface area contributed by atoms with Gasteiger partial charge < -0.3 is 19.0 Å². The summed E-state index contributed by atoms with van der Waals surface area (Å²) >= 11 is 0. The van der Waals surface area contributed by atoms with Crippen LogP contribution in [0.15, 0.2) is 52.7 Å². The maximum Gasteiger partial charge on any atom is 0.206 e. The lowest BCUT2D eigenvalue weighted by Crippen LogP contribution is -2.47. The van der Waals surface area contributed by atoms with Crippen LogP contribution in [0.2, 0.25) is 0 Å². The van der Waals surface area contributed by atoms with Crippen LogP contribution >= 0.6 is 0 Å².